The molecule has 154 valence electrons. The Kier molecular flexibility index (Phi) is 5.58. The van der Waals surface area contributed by atoms with E-state index in [0.717, 1.165) is 41.3 Å². The topological polar surface area (TPSA) is 110 Å². The molecule has 0 atom stereocenters. The number of anilines is 2. The predicted molar refractivity (Wildman–Crippen MR) is 116 cm³/mol. The number of hydrogen-bond acceptors (Lipinski definition) is 8. The Hall–Kier alpha value is -3.52. The van der Waals surface area contributed by atoms with E-state index in [2.05, 4.69) is 19.9 Å². The third kappa shape index (κ3) is 3.81. The molecule has 0 bridgehead atoms. The predicted octanol–water partition coefficient (Wildman–Crippen LogP) is 2.69. The highest BCUT2D eigenvalue weighted by Gasteiger charge is 2.17. The number of benzene rings is 1. The fourth-order valence-corrected chi connectivity index (χ4v) is 3.56. The SMILES string of the molecule is COc1ncnc(C)c1-c1ccc(N)c(C(=N)c2ccnc(N3CCOCC3)c2)c1. The number of hydrogen-bond donors (Lipinski definition) is 2. The summed E-state index contributed by atoms with van der Waals surface area (Å²) >= 11 is 0. The second kappa shape index (κ2) is 8.46. The zero-order valence-electron chi connectivity index (χ0n) is 17.1. The van der Waals surface area contributed by atoms with Crippen molar-refractivity contribution < 1.29 is 9.47 Å². The lowest BCUT2D eigenvalue weighted by molar-refractivity contribution is 0.122. The average Bonchev–Trinajstić information content (AvgIpc) is 2.79. The lowest BCUT2D eigenvalue weighted by atomic mass is 9.96. The van der Waals surface area contributed by atoms with Gasteiger partial charge >= 0.3 is 0 Å². The lowest BCUT2D eigenvalue weighted by Crippen LogP contribution is -2.36. The van der Waals surface area contributed by atoms with Gasteiger partial charge in [-0.25, -0.2) is 15.0 Å². The summed E-state index contributed by atoms with van der Waals surface area (Å²) < 4.78 is 10.8. The Morgan fingerprint density at radius 2 is 1.93 bits per heavy atom. The maximum atomic E-state index is 8.82. The van der Waals surface area contributed by atoms with Crippen LogP contribution in [-0.4, -0.2) is 54.1 Å². The van der Waals surface area contributed by atoms with Crippen molar-refractivity contribution in [1.29, 1.82) is 5.41 Å². The molecule has 8 heteroatoms. The normalized spacial score (nSPS) is 13.9. The van der Waals surface area contributed by atoms with Crippen LogP contribution >= 0.6 is 0 Å². The van der Waals surface area contributed by atoms with Gasteiger partial charge in [-0.1, -0.05) is 6.07 Å². The molecule has 4 rings (SSSR count). The van der Waals surface area contributed by atoms with Gasteiger partial charge in [-0.05, 0) is 36.8 Å². The molecule has 8 nitrogen and oxygen atoms in total. The summed E-state index contributed by atoms with van der Waals surface area (Å²) in [5.41, 5.74) is 10.9. The van der Waals surface area contributed by atoms with E-state index < -0.39 is 0 Å². The van der Waals surface area contributed by atoms with E-state index in [4.69, 9.17) is 20.6 Å². The quantitative estimate of drug-likeness (QED) is 0.497. The molecule has 1 fully saturated rings. The molecule has 2 aromatic heterocycles. The van der Waals surface area contributed by atoms with Crippen molar-refractivity contribution in [2.24, 2.45) is 0 Å². The smallest absolute Gasteiger partial charge is 0.224 e. The van der Waals surface area contributed by atoms with Crippen LogP contribution in [0.2, 0.25) is 0 Å². The van der Waals surface area contributed by atoms with E-state index in [0.29, 0.717) is 36.1 Å². The first kappa shape index (κ1) is 19.8. The van der Waals surface area contributed by atoms with Crippen LogP contribution in [0.5, 0.6) is 5.88 Å². The number of nitrogen functional groups attached to an aromatic ring is 1. The van der Waals surface area contributed by atoms with Crippen LogP contribution in [0.25, 0.3) is 11.1 Å². The Bertz CT molecular complexity index is 1080. The molecule has 3 aromatic rings. The van der Waals surface area contributed by atoms with Gasteiger partial charge in [-0.2, -0.15) is 0 Å². The molecule has 0 radical (unpaired) electrons. The third-order valence-electron chi connectivity index (χ3n) is 5.18. The van der Waals surface area contributed by atoms with Crippen LogP contribution < -0.4 is 15.4 Å². The van der Waals surface area contributed by atoms with Crippen LogP contribution in [0.15, 0.2) is 42.9 Å². The molecular formula is C22H24N6O2. The molecular weight excluding hydrogens is 380 g/mol. The van der Waals surface area contributed by atoms with Gasteiger partial charge < -0.3 is 20.1 Å². The van der Waals surface area contributed by atoms with Gasteiger partial charge in [0.15, 0.2) is 0 Å². The minimum Gasteiger partial charge on any atom is -0.480 e. The van der Waals surface area contributed by atoms with E-state index in [1.54, 1.807) is 19.4 Å². The first-order valence-electron chi connectivity index (χ1n) is 9.72. The van der Waals surface area contributed by atoms with Gasteiger partial charge in [0.05, 0.1) is 37.3 Å². The Labute approximate surface area is 175 Å². The molecule has 1 saturated heterocycles. The summed E-state index contributed by atoms with van der Waals surface area (Å²) in [6, 6.07) is 9.34. The van der Waals surface area contributed by atoms with E-state index in [-0.39, 0.29) is 0 Å². The van der Waals surface area contributed by atoms with Crippen molar-refractivity contribution in [3.63, 3.8) is 0 Å². The fraction of sp³-hybridized carbons (Fsp3) is 0.273. The molecule has 0 spiro atoms. The zero-order valence-corrected chi connectivity index (χ0v) is 17.1. The highest BCUT2D eigenvalue weighted by molar-refractivity contribution is 6.14. The maximum absolute atomic E-state index is 8.82. The summed E-state index contributed by atoms with van der Waals surface area (Å²) in [5.74, 6) is 1.33. The summed E-state index contributed by atoms with van der Waals surface area (Å²) in [6.07, 6.45) is 3.20. The number of aromatic nitrogens is 3. The van der Waals surface area contributed by atoms with Gasteiger partial charge in [0.1, 0.15) is 12.1 Å². The molecule has 0 amide bonds. The van der Waals surface area contributed by atoms with Crippen molar-refractivity contribution in [2.45, 2.75) is 6.92 Å². The van der Waals surface area contributed by atoms with Gasteiger partial charge in [0.25, 0.3) is 0 Å². The van der Waals surface area contributed by atoms with Crippen LogP contribution in [0, 0.1) is 12.3 Å². The number of morpholine rings is 1. The number of nitrogens with two attached hydrogens (primary N) is 1. The van der Waals surface area contributed by atoms with E-state index in [1.807, 2.05) is 31.2 Å². The van der Waals surface area contributed by atoms with Gasteiger partial charge in [0.2, 0.25) is 5.88 Å². The van der Waals surface area contributed by atoms with Crippen LogP contribution in [0.4, 0.5) is 11.5 Å². The van der Waals surface area contributed by atoms with Crippen LogP contribution in [0.1, 0.15) is 16.8 Å². The zero-order chi connectivity index (χ0) is 21.1. The summed E-state index contributed by atoms with van der Waals surface area (Å²) in [7, 11) is 1.58. The van der Waals surface area contributed by atoms with Gasteiger partial charge in [0, 0.05) is 36.1 Å². The molecule has 0 saturated carbocycles. The number of rotatable bonds is 5. The minimum absolute atomic E-state index is 0.333. The molecule has 0 unspecified atom stereocenters. The van der Waals surface area contributed by atoms with Crippen LogP contribution in [0.3, 0.4) is 0 Å². The molecule has 1 aliphatic heterocycles. The Morgan fingerprint density at radius 1 is 1.13 bits per heavy atom. The number of pyridine rings is 1. The number of methoxy groups -OCH3 is 1. The first-order chi connectivity index (χ1) is 14.6. The monoisotopic (exact) mass is 404 g/mol. The minimum atomic E-state index is 0.333. The number of ether oxygens (including phenoxy) is 2. The Morgan fingerprint density at radius 3 is 2.70 bits per heavy atom. The largest absolute Gasteiger partial charge is 0.480 e. The van der Waals surface area contributed by atoms with E-state index >= 15 is 0 Å². The van der Waals surface area contributed by atoms with Gasteiger partial charge in [-0.15, -0.1) is 0 Å². The van der Waals surface area contributed by atoms with E-state index in [1.165, 1.54) is 6.33 Å². The third-order valence-corrected chi connectivity index (χ3v) is 5.18. The van der Waals surface area contributed by atoms with Gasteiger partial charge in [-0.3, -0.25) is 5.41 Å². The highest BCUT2D eigenvalue weighted by atomic mass is 16.5. The Balaban J connectivity index is 1.71. The summed E-state index contributed by atoms with van der Waals surface area (Å²) in [5, 5.41) is 8.82. The molecule has 1 aromatic carbocycles. The van der Waals surface area contributed by atoms with E-state index in [9.17, 15) is 0 Å². The summed E-state index contributed by atoms with van der Waals surface area (Å²) in [4.78, 5) is 15.1. The van der Waals surface area contributed by atoms with Crippen molar-refractivity contribution in [1.82, 2.24) is 15.0 Å². The average molecular weight is 404 g/mol. The molecule has 3 N–H and O–H groups in total. The molecule has 30 heavy (non-hydrogen) atoms. The van der Waals surface area contributed by atoms with Crippen molar-refractivity contribution in [3.8, 4) is 17.0 Å². The molecule has 0 aliphatic carbocycles. The fourth-order valence-electron chi connectivity index (χ4n) is 3.56. The first-order valence-corrected chi connectivity index (χ1v) is 9.72. The molecule has 1 aliphatic rings. The van der Waals surface area contributed by atoms with Crippen LogP contribution in [-0.2, 0) is 4.74 Å². The second-order valence-corrected chi connectivity index (χ2v) is 7.02. The maximum Gasteiger partial charge on any atom is 0.224 e. The summed E-state index contributed by atoms with van der Waals surface area (Å²) in [6.45, 7) is 4.83. The number of nitrogens with one attached hydrogen (secondary N) is 1. The highest BCUT2D eigenvalue weighted by Crippen LogP contribution is 2.32. The standard InChI is InChI=1S/C22H24N6O2/c1-14-20(22(29-2)27-13-26-14)15-3-4-18(23)17(11-15)21(24)16-5-6-25-19(12-16)28-7-9-30-10-8-28/h3-6,11-13,24H,7-10,23H2,1-2H3. The number of aryl methyl sites for hydroxylation is 1. The van der Waals surface area contributed by atoms with Crippen molar-refractivity contribution in [2.75, 3.05) is 44.0 Å². The second-order valence-electron chi connectivity index (χ2n) is 7.02. The number of nitrogens with zero attached hydrogens (tertiary/aromatic N) is 4. The van der Waals surface area contributed by atoms with Crippen molar-refractivity contribution >= 4 is 17.2 Å². The lowest BCUT2D eigenvalue weighted by Gasteiger charge is -2.28. The van der Waals surface area contributed by atoms with Crippen molar-refractivity contribution in [3.05, 3.63) is 59.7 Å². The molecule has 3 heterocycles.